The molecule has 5 rings (SSSR count). The van der Waals surface area contributed by atoms with Crippen LogP contribution in [-0.2, 0) is 27.8 Å². The summed E-state index contributed by atoms with van der Waals surface area (Å²) >= 11 is 0. The summed E-state index contributed by atoms with van der Waals surface area (Å²) in [6, 6.07) is 20.8. The third kappa shape index (κ3) is 4.17. The Kier molecular flexibility index (Phi) is 5.62. The number of para-hydroxylation sites is 1. The van der Waals surface area contributed by atoms with Gasteiger partial charge < -0.3 is 9.26 Å². The molecule has 1 aliphatic rings. The Morgan fingerprint density at radius 1 is 1.06 bits per heavy atom. The predicted molar refractivity (Wildman–Crippen MR) is 125 cm³/mol. The van der Waals surface area contributed by atoms with Gasteiger partial charge in [-0.25, -0.2) is 13.2 Å². The largest absolute Gasteiger partial charge is 0.452 e. The van der Waals surface area contributed by atoms with E-state index < -0.39 is 16.0 Å². The topological polar surface area (TPSA) is 103 Å². The lowest BCUT2D eigenvalue weighted by Gasteiger charge is -2.19. The Hall–Kier alpha value is -3.98. The van der Waals surface area contributed by atoms with Gasteiger partial charge in [0.05, 0.1) is 16.1 Å². The predicted octanol–water partition coefficient (Wildman–Crippen LogP) is 4.15. The number of hydrogen-bond donors (Lipinski definition) is 0. The Labute approximate surface area is 196 Å². The highest BCUT2D eigenvalue weighted by molar-refractivity contribution is 7.92. The van der Waals surface area contributed by atoms with Crippen molar-refractivity contribution in [2.75, 3.05) is 10.8 Å². The van der Waals surface area contributed by atoms with Crippen LogP contribution in [0.15, 0.2) is 82.2 Å². The normalized spacial score (nSPS) is 13.0. The van der Waals surface area contributed by atoms with Crippen LogP contribution in [0.4, 0.5) is 5.69 Å². The van der Waals surface area contributed by atoms with Crippen molar-refractivity contribution in [2.24, 2.45) is 0 Å². The van der Waals surface area contributed by atoms with Gasteiger partial charge in [0.1, 0.15) is 0 Å². The first-order valence-electron chi connectivity index (χ1n) is 10.7. The van der Waals surface area contributed by atoms with Gasteiger partial charge in [-0.3, -0.25) is 4.31 Å². The van der Waals surface area contributed by atoms with Gasteiger partial charge in [0, 0.05) is 12.1 Å². The molecule has 0 aliphatic carbocycles. The smallest absolute Gasteiger partial charge is 0.338 e. The molecule has 0 N–H and O–H groups in total. The molecule has 8 nitrogen and oxygen atoms in total. The van der Waals surface area contributed by atoms with Crippen LogP contribution in [0, 0.1) is 6.92 Å². The van der Waals surface area contributed by atoms with Gasteiger partial charge in [-0.05, 0) is 43.2 Å². The van der Waals surface area contributed by atoms with E-state index in [0.717, 1.165) is 16.7 Å². The number of rotatable bonds is 6. The van der Waals surface area contributed by atoms with Gasteiger partial charge in [-0.15, -0.1) is 0 Å². The molecule has 1 aliphatic heterocycles. The molecule has 0 saturated carbocycles. The summed E-state index contributed by atoms with van der Waals surface area (Å²) in [5.41, 5.74) is 3.65. The van der Waals surface area contributed by atoms with E-state index in [1.54, 1.807) is 6.07 Å². The molecule has 4 aromatic rings. The van der Waals surface area contributed by atoms with E-state index in [-0.39, 0.29) is 23.0 Å². The van der Waals surface area contributed by atoms with Gasteiger partial charge >= 0.3 is 5.97 Å². The fourth-order valence-corrected chi connectivity index (χ4v) is 5.36. The number of hydrogen-bond acceptors (Lipinski definition) is 7. The molecule has 2 heterocycles. The molecule has 0 radical (unpaired) electrons. The maximum Gasteiger partial charge on any atom is 0.338 e. The van der Waals surface area contributed by atoms with Gasteiger partial charge in [-0.2, -0.15) is 4.98 Å². The van der Waals surface area contributed by atoms with Crippen molar-refractivity contribution in [2.45, 2.75) is 24.8 Å². The van der Waals surface area contributed by atoms with Crippen molar-refractivity contribution < 1.29 is 22.5 Å². The van der Waals surface area contributed by atoms with Crippen LogP contribution in [0.25, 0.3) is 11.4 Å². The van der Waals surface area contributed by atoms with Gasteiger partial charge in [0.15, 0.2) is 6.61 Å². The zero-order valence-electron chi connectivity index (χ0n) is 18.3. The first kappa shape index (κ1) is 21.8. The Balaban J connectivity index is 1.29. The first-order chi connectivity index (χ1) is 16.4. The summed E-state index contributed by atoms with van der Waals surface area (Å²) in [5, 5.41) is 3.91. The minimum absolute atomic E-state index is 0.0260. The average molecular weight is 476 g/mol. The fourth-order valence-electron chi connectivity index (χ4n) is 3.81. The van der Waals surface area contributed by atoms with Crippen molar-refractivity contribution in [3.63, 3.8) is 0 Å². The Bertz CT molecular complexity index is 1460. The van der Waals surface area contributed by atoms with E-state index in [2.05, 4.69) is 10.1 Å². The maximum absolute atomic E-state index is 13.3. The summed E-state index contributed by atoms with van der Waals surface area (Å²) < 4.78 is 38.3. The van der Waals surface area contributed by atoms with Crippen LogP contribution in [0.2, 0.25) is 0 Å². The van der Waals surface area contributed by atoms with E-state index in [1.807, 2.05) is 49.4 Å². The van der Waals surface area contributed by atoms with Crippen LogP contribution < -0.4 is 4.31 Å². The number of carbonyl (C=O) groups is 1. The van der Waals surface area contributed by atoms with E-state index >= 15 is 0 Å². The Morgan fingerprint density at radius 3 is 2.68 bits per heavy atom. The van der Waals surface area contributed by atoms with Crippen molar-refractivity contribution >= 4 is 21.7 Å². The minimum atomic E-state index is -3.82. The van der Waals surface area contributed by atoms with Crippen LogP contribution in [0.1, 0.15) is 27.4 Å². The number of esters is 1. The lowest BCUT2D eigenvalue weighted by atomic mass is 10.1. The van der Waals surface area contributed by atoms with E-state index in [1.165, 1.54) is 28.6 Å². The van der Waals surface area contributed by atoms with E-state index in [9.17, 15) is 13.2 Å². The fraction of sp³-hybridized carbons (Fsp3) is 0.160. The summed E-state index contributed by atoms with van der Waals surface area (Å²) in [7, 11) is -3.82. The molecular weight excluding hydrogens is 454 g/mol. The molecule has 0 unspecified atom stereocenters. The lowest BCUT2D eigenvalue weighted by molar-refractivity contribution is 0.0429. The number of anilines is 1. The van der Waals surface area contributed by atoms with Crippen molar-refractivity contribution in [3.8, 4) is 11.4 Å². The number of benzene rings is 3. The number of aromatic nitrogens is 2. The highest BCUT2D eigenvalue weighted by Crippen LogP contribution is 2.32. The molecule has 1 aromatic heterocycles. The third-order valence-corrected chi connectivity index (χ3v) is 7.42. The van der Waals surface area contributed by atoms with Crippen molar-refractivity contribution in [1.82, 2.24) is 10.1 Å². The van der Waals surface area contributed by atoms with Crippen LogP contribution >= 0.6 is 0 Å². The summed E-state index contributed by atoms with van der Waals surface area (Å²) in [6.45, 7) is 2.11. The quantitative estimate of drug-likeness (QED) is 0.386. The SMILES string of the molecule is Cc1ccc(-c2noc(COC(=O)c3cccc(S(=O)(=O)N4CCc5ccccc54)c3)n2)cc1. The highest BCUT2D eigenvalue weighted by Gasteiger charge is 2.31. The monoisotopic (exact) mass is 475 g/mol. The second-order valence-electron chi connectivity index (χ2n) is 7.94. The Morgan fingerprint density at radius 2 is 1.85 bits per heavy atom. The zero-order valence-corrected chi connectivity index (χ0v) is 19.2. The number of ether oxygens (including phenoxy) is 1. The molecule has 0 amide bonds. The van der Waals surface area contributed by atoms with E-state index in [0.29, 0.717) is 24.5 Å². The molecular formula is C25H21N3O5S. The standard InChI is InChI=1S/C25H21N3O5S/c1-17-9-11-19(12-10-17)24-26-23(33-27-24)16-32-25(29)20-6-4-7-21(15-20)34(30,31)28-14-13-18-5-2-3-8-22(18)28/h2-12,15H,13-14,16H2,1H3. The maximum atomic E-state index is 13.3. The van der Waals surface area contributed by atoms with Crippen molar-refractivity contribution in [1.29, 1.82) is 0 Å². The molecule has 172 valence electrons. The summed E-state index contributed by atoms with van der Waals surface area (Å²) in [4.78, 5) is 16.9. The van der Waals surface area contributed by atoms with E-state index in [4.69, 9.17) is 9.26 Å². The van der Waals surface area contributed by atoms with Crippen LogP contribution in [0.3, 0.4) is 0 Å². The second-order valence-corrected chi connectivity index (χ2v) is 9.80. The van der Waals surface area contributed by atoms with Crippen LogP contribution in [-0.4, -0.2) is 31.1 Å². The second kappa shape index (κ2) is 8.75. The van der Waals surface area contributed by atoms with Gasteiger partial charge in [0.25, 0.3) is 15.9 Å². The first-order valence-corrected chi connectivity index (χ1v) is 12.1. The van der Waals surface area contributed by atoms with Crippen LogP contribution in [0.5, 0.6) is 0 Å². The van der Waals surface area contributed by atoms with Gasteiger partial charge in [0.2, 0.25) is 5.82 Å². The molecule has 9 heteroatoms. The highest BCUT2D eigenvalue weighted by atomic mass is 32.2. The number of carbonyl (C=O) groups excluding carboxylic acids is 1. The molecule has 0 bridgehead atoms. The number of fused-ring (bicyclic) bond motifs is 1. The molecule has 0 fully saturated rings. The molecule has 0 saturated heterocycles. The molecule has 0 spiro atoms. The molecule has 0 atom stereocenters. The number of aryl methyl sites for hydroxylation is 1. The molecule has 34 heavy (non-hydrogen) atoms. The number of nitrogens with zero attached hydrogens (tertiary/aromatic N) is 3. The third-order valence-electron chi connectivity index (χ3n) is 5.61. The number of sulfonamides is 1. The minimum Gasteiger partial charge on any atom is -0.452 e. The summed E-state index contributed by atoms with van der Waals surface area (Å²) in [5.74, 6) is -0.152. The van der Waals surface area contributed by atoms with Crippen molar-refractivity contribution in [3.05, 3.63) is 95.4 Å². The molecule has 3 aromatic carbocycles. The van der Waals surface area contributed by atoms with Gasteiger partial charge in [-0.1, -0.05) is 59.3 Å². The average Bonchev–Trinajstić information content (AvgIpc) is 3.51. The zero-order chi connectivity index (χ0) is 23.7. The lowest BCUT2D eigenvalue weighted by Crippen LogP contribution is -2.29. The summed E-state index contributed by atoms with van der Waals surface area (Å²) in [6.07, 6.45) is 0.645.